The molecule has 1 unspecified atom stereocenters. The van der Waals surface area contributed by atoms with Crippen LogP contribution in [-0.2, 0) is 9.59 Å². The largest absolute Gasteiger partial charge is 0.321 e. The van der Waals surface area contributed by atoms with Crippen molar-refractivity contribution in [3.63, 3.8) is 0 Å². The number of nitrogens with one attached hydrogen (secondary N) is 3. The minimum Gasteiger partial charge on any atom is -0.321 e. The molecule has 0 bridgehead atoms. The average Bonchev–Trinajstić information content (AvgIpc) is 3.50. The van der Waals surface area contributed by atoms with Crippen molar-refractivity contribution in [1.29, 1.82) is 0 Å². The minimum absolute atomic E-state index is 0.0779. The fraction of sp³-hybridized carbons (Fsp3) is 0.0588. The van der Waals surface area contributed by atoms with Crippen molar-refractivity contribution in [1.82, 2.24) is 10.3 Å². The third-order valence-corrected chi connectivity index (χ3v) is 8.93. The molecular formula is C34H26BrClN4O3S2. The Labute approximate surface area is 282 Å². The van der Waals surface area contributed by atoms with Crippen molar-refractivity contribution < 1.29 is 14.4 Å². The zero-order chi connectivity index (χ0) is 31.8. The molecule has 0 aliphatic heterocycles. The molecule has 7 nitrogen and oxygen atoms in total. The summed E-state index contributed by atoms with van der Waals surface area (Å²) in [7, 11) is 0. The highest BCUT2D eigenvalue weighted by Crippen LogP contribution is 2.29. The van der Waals surface area contributed by atoms with Gasteiger partial charge in [0.05, 0.1) is 10.9 Å². The van der Waals surface area contributed by atoms with Crippen molar-refractivity contribution >= 4 is 85.2 Å². The van der Waals surface area contributed by atoms with E-state index in [0.29, 0.717) is 21.4 Å². The number of carbonyl (C=O) groups excluding carboxylic acids is 3. The van der Waals surface area contributed by atoms with Gasteiger partial charge in [-0.2, -0.15) is 0 Å². The second-order valence-electron chi connectivity index (χ2n) is 9.71. The summed E-state index contributed by atoms with van der Waals surface area (Å²) in [6, 6.07) is 30.6. The second kappa shape index (κ2) is 15.2. The summed E-state index contributed by atoms with van der Waals surface area (Å²) in [5.74, 6) is -1.10. The van der Waals surface area contributed by atoms with Crippen LogP contribution >= 0.6 is 50.6 Å². The number of benzene rings is 4. The van der Waals surface area contributed by atoms with Gasteiger partial charge < -0.3 is 16.0 Å². The first-order valence-corrected chi connectivity index (χ1v) is 16.6. The maximum Gasteiger partial charge on any atom is 0.272 e. The molecule has 4 aromatic carbocycles. The van der Waals surface area contributed by atoms with Gasteiger partial charge in [0.2, 0.25) is 5.91 Å². The average molecular weight is 718 g/mol. The highest BCUT2D eigenvalue weighted by molar-refractivity contribution is 9.10. The van der Waals surface area contributed by atoms with E-state index in [4.69, 9.17) is 11.6 Å². The summed E-state index contributed by atoms with van der Waals surface area (Å²) in [5.41, 5.74) is 3.41. The molecule has 3 amide bonds. The fourth-order valence-corrected chi connectivity index (χ4v) is 6.29. The lowest BCUT2D eigenvalue weighted by atomic mass is 10.1. The summed E-state index contributed by atoms with van der Waals surface area (Å²) < 4.78 is 0.838. The Bertz CT molecular complexity index is 1860. The standard InChI is InChI=1S/C34H26BrClN4O3S2/c1-21(31(41)40-34-39-30(20-44-34)23-13-15-26(36)16-14-23)45-28-12-6-11-27(19-28)37-33(43)29(18-22-7-5-10-25(35)17-22)38-32(42)24-8-3-2-4-9-24/h2-21H,1H3,(H,37,43)(H,38,42)(H,39,40,41)/b29-18+. The van der Waals surface area contributed by atoms with Gasteiger partial charge in [-0.05, 0) is 73.2 Å². The Hall–Kier alpha value is -4.22. The van der Waals surface area contributed by atoms with Crippen molar-refractivity contribution in [2.24, 2.45) is 0 Å². The van der Waals surface area contributed by atoms with Crippen molar-refractivity contribution in [3.05, 3.63) is 135 Å². The molecule has 0 saturated carbocycles. The molecule has 0 saturated heterocycles. The van der Waals surface area contributed by atoms with Gasteiger partial charge in [0.15, 0.2) is 5.13 Å². The van der Waals surface area contributed by atoms with Crippen LogP contribution in [0.2, 0.25) is 5.02 Å². The van der Waals surface area contributed by atoms with Gasteiger partial charge in [0, 0.05) is 36.6 Å². The zero-order valence-electron chi connectivity index (χ0n) is 23.8. The van der Waals surface area contributed by atoms with Crippen LogP contribution in [0.3, 0.4) is 0 Å². The summed E-state index contributed by atoms with van der Waals surface area (Å²) in [5, 5.41) is 11.1. The molecule has 1 atom stereocenters. The first-order valence-electron chi connectivity index (χ1n) is 13.7. The van der Waals surface area contributed by atoms with Crippen molar-refractivity contribution in [2.45, 2.75) is 17.1 Å². The van der Waals surface area contributed by atoms with E-state index in [1.807, 2.05) is 53.9 Å². The van der Waals surface area contributed by atoms with E-state index in [9.17, 15) is 14.4 Å². The SMILES string of the molecule is CC(Sc1cccc(NC(=O)/C(=C\c2cccc(Br)c2)NC(=O)c2ccccc2)c1)C(=O)Nc1nc(-c2ccc(Cl)cc2)cs1. The molecule has 45 heavy (non-hydrogen) atoms. The number of thiazole rings is 1. The number of hydrogen-bond donors (Lipinski definition) is 3. The number of aromatic nitrogens is 1. The van der Waals surface area contributed by atoms with Crippen molar-refractivity contribution in [2.75, 3.05) is 10.6 Å². The number of anilines is 2. The predicted molar refractivity (Wildman–Crippen MR) is 188 cm³/mol. The summed E-state index contributed by atoms with van der Waals surface area (Å²) in [6.07, 6.45) is 1.61. The Morgan fingerprint density at radius 3 is 2.42 bits per heavy atom. The highest BCUT2D eigenvalue weighted by atomic mass is 79.9. The number of halogens is 2. The van der Waals surface area contributed by atoms with Crippen LogP contribution in [0.4, 0.5) is 10.8 Å². The normalized spacial score (nSPS) is 11.8. The number of amides is 3. The minimum atomic E-state index is -0.493. The molecule has 5 rings (SSSR count). The van der Waals surface area contributed by atoms with Gasteiger partial charge in [-0.1, -0.05) is 76.1 Å². The molecule has 0 radical (unpaired) electrons. The Morgan fingerprint density at radius 1 is 0.911 bits per heavy atom. The van der Waals surface area contributed by atoms with Crippen LogP contribution in [0.1, 0.15) is 22.8 Å². The Kier molecular flexibility index (Phi) is 10.9. The zero-order valence-corrected chi connectivity index (χ0v) is 27.8. The van der Waals surface area contributed by atoms with Gasteiger partial charge in [-0.3, -0.25) is 14.4 Å². The van der Waals surface area contributed by atoms with Crippen LogP contribution in [0.15, 0.2) is 124 Å². The molecular weight excluding hydrogens is 692 g/mol. The van der Waals surface area contributed by atoms with Gasteiger partial charge in [-0.25, -0.2) is 4.98 Å². The van der Waals surface area contributed by atoms with Crippen LogP contribution in [0.5, 0.6) is 0 Å². The molecule has 1 aromatic heterocycles. The van der Waals surface area contributed by atoms with Crippen LogP contribution in [-0.4, -0.2) is 28.0 Å². The number of thioether (sulfide) groups is 1. The first kappa shape index (κ1) is 32.2. The number of nitrogens with zero attached hydrogens (tertiary/aromatic N) is 1. The summed E-state index contributed by atoms with van der Waals surface area (Å²) >= 11 is 12.1. The lowest BCUT2D eigenvalue weighted by Crippen LogP contribution is -2.30. The molecule has 0 aliphatic rings. The molecule has 3 N–H and O–H groups in total. The van der Waals surface area contributed by atoms with Gasteiger partial charge in [-0.15, -0.1) is 23.1 Å². The smallest absolute Gasteiger partial charge is 0.272 e. The topological polar surface area (TPSA) is 100 Å². The molecule has 1 heterocycles. The third kappa shape index (κ3) is 9.15. The molecule has 0 fully saturated rings. The van der Waals surface area contributed by atoms with Crippen LogP contribution < -0.4 is 16.0 Å². The monoisotopic (exact) mass is 716 g/mol. The van der Waals surface area contributed by atoms with Crippen LogP contribution in [0.25, 0.3) is 17.3 Å². The highest BCUT2D eigenvalue weighted by Gasteiger charge is 2.18. The van der Waals surface area contributed by atoms with Gasteiger partial charge >= 0.3 is 0 Å². The predicted octanol–water partition coefficient (Wildman–Crippen LogP) is 8.75. The second-order valence-corrected chi connectivity index (χ2v) is 13.3. The van der Waals surface area contributed by atoms with Crippen LogP contribution in [0, 0.1) is 0 Å². The van der Waals surface area contributed by atoms with Crippen molar-refractivity contribution in [3.8, 4) is 11.3 Å². The fourth-order valence-electron chi connectivity index (χ4n) is 4.10. The molecule has 5 aromatic rings. The first-order chi connectivity index (χ1) is 21.7. The van der Waals surface area contributed by atoms with E-state index in [2.05, 4.69) is 36.9 Å². The van der Waals surface area contributed by atoms with E-state index < -0.39 is 17.1 Å². The maximum absolute atomic E-state index is 13.4. The number of hydrogen-bond acceptors (Lipinski definition) is 6. The van der Waals surface area contributed by atoms with E-state index in [-0.39, 0.29) is 11.6 Å². The molecule has 11 heteroatoms. The molecule has 0 spiro atoms. The lowest BCUT2D eigenvalue weighted by molar-refractivity contribution is -0.115. The summed E-state index contributed by atoms with van der Waals surface area (Å²) in [6.45, 7) is 1.80. The maximum atomic E-state index is 13.4. The van der Waals surface area contributed by atoms with E-state index in [0.717, 1.165) is 26.2 Å². The third-order valence-electron chi connectivity index (χ3n) is 6.34. The van der Waals surface area contributed by atoms with Gasteiger partial charge in [0.1, 0.15) is 5.70 Å². The van der Waals surface area contributed by atoms with Gasteiger partial charge in [0.25, 0.3) is 11.8 Å². The molecule has 0 aliphatic carbocycles. The quantitative estimate of drug-likeness (QED) is 0.0991. The Balaban J connectivity index is 1.25. The molecule has 226 valence electrons. The number of rotatable bonds is 10. The Morgan fingerprint density at radius 2 is 1.67 bits per heavy atom. The van der Waals surface area contributed by atoms with E-state index in [1.165, 1.54) is 23.1 Å². The van der Waals surface area contributed by atoms with E-state index >= 15 is 0 Å². The number of carbonyl (C=O) groups is 3. The summed E-state index contributed by atoms with van der Waals surface area (Å²) in [4.78, 5) is 44.7. The van der Waals surface area contributed by atoms with E-state index in [1.54, 1.807) is 67.6 Å². The lowest BCUT2D eigenvalue weighted by Gasteiger charge is -2.14.